The summed E-state index contributed by atoms with van der Waals surface area (Å²) in [5.74, 6) is -3.04. The fraction of sp³-hybridized carbons (Fsp3) is 0.417. The lowest BCUT2D eigenvalue weighted by molar-refractivity contribution is -0.137. The van der Waals surface area contributed by atoms with Crippen LogP contribution >= 0.6 is 0 Å². The Bertz CT molecular complexity index is 632. The molecule has 1 aliphatic rings. The zero-order chi connectivity index (χ0) is 14.9. The molecule has 1 fully saturated rings. The quantitative estimate of drug-likeness (QED) is 0.916. The first-order valence-electron chi connectivity index (χ1n) is 6.01. The summed E-state index contributed by atoms with van der Waals surface area (Å²) in [7, 11) is -4.23. The fourth-order valence-electron chi connectivity index (χ4n) is 2.33. The summed E-state index contributed by atoms with van der Waals surface area (Å²) in [4.78, 5) is 9.97. The number of halogens is 2. The minimum Gasteiger partial charge on any atom is -0.481 e. The molecule has 5 nitrogen and oxygen atoms in total. The molecule has 20 heavy (non-hydrogen) atoms. The second kappa shape index (κ2) is 5.45. The number of rotatable bonds is 4. The highest BCUT2D eigenvalue weighted by Gasteiger charge is 2.37. The predicted octanol–water partition coefficient (Wildman–Crippen LogP) is 1.59. The molecule has 1 aromatic rings. The predicted molar refractivity (Wildman–Crippen MR) is 65.5 cm³/mol. The second-order valence-corrected chi connectivity index (χ2v) is 6.44. The third kappa shape index (κ3) is 2.80. The smallest absolute Gasteiger partial charge is 0.304 e. The zero-order valence-electron chi connectivity index (χ0n) is 10.4. The Morgan fingerprint density at radius 3 is 2.75 bits per heavy atom. The van der Waals surface area contributed by atoms with Crippen LogP contribution in [-0.2, 0) is 14.8 Å². The Kier molecular flexibility index (Phi) is 4.05. The van der Waals surface area contributed by atoms with Crippen LogP contribution in [0.2, 0.25) is 0 Å². The van der Waals surface area contributed by atoms with E-state index < -0.39 is 38.6 Å². The van der Waals surface area contributed by atoms with Crippen molar-refractivity contribution in [2.75, 3.05) is 6.54 Å². The van der Waals surface area contributed by atoms with Crippen LogP contribution in [0.25, 0.3) is 0 Å². The number of carbonyl (C=O) groups is 1. The zero-order valence-corrected chi connectivity index (χ0v) is 11.2. The van der Waals surface area contributed by atoms with Crippen molar-refractivity contribution < 1.29 is 27.1 Å². The molecule has 0 aromatic heterocycles. The van der Waals surface area contributed by atoms with Gasteiger partial charge < -0.3 is 5.11 Å². The minimum absolute atomic E-state index is 0.107. The van der Waals surface area contributed by atoms with Crippen molar-refractivity contribution in [2.45, 2.75) is 30.2 Å². The Labute approximate surface area is 114 Å². The summed E-state index contributed by atoms with van der Waals surface area (Å²) in [5, 5.41) is 8.77. The van der Waals surface area contributed by atoms with Crippen molar-refractivity contribution in [3.05, 3.63) is 29.8 Å². The normalized spacial score (nSPS) is 20.2. The molecule has 1 aliphatic heterocycles. The van der Waals surface area contributed by atoms with Gasteiger partial charge in [0.25, 0.3) is 0 Å². The second-order valence-electron chi connectivity index (χ2n) is 4.58. The van der Waals surface area contributed by atoms with E-state index in [0.29, 0.717) is 18.9 Å². The van der Waals surface area contributed by atoms with Crippen LogP contribution in [0.3, 0.4) is 0 Å². The van der Waals surface area contributed by atoms with E-state index in [-0.39, 0.29) is 13.0 Å². The van der Waals surface area contributed by atoms with Crippen molar-refractivity contribution in [2.24, 2.45) is 0 Å². The van der Waals surface area contributed by atoms with Crippen molar-refractivity contribution >= 4 is 16.0 Å². The van der Waals surface area contributed by atoms with Crippen molar-refractivity contribution in [3.8, 4) is 0 Å². The van der Waals surface area contributed by atoms with Crippen LogP contribution in [0, 0.1) is 11.6 Å². The molecule has 1 aromatic carbocycles. The maximum absolute atomic E-state index is 13.6. The maximum Gasteiger partial charge on any atom is 0.304 e. The van der Waals surface area contributed by atoms with Crippen LogP contribution in [0.4, 0.5) is 8.78 Å². The Balaban J connectivity index is 2.39. The van der Waals surface area contributed by atoms with Crippen molar-refractivity contribution in [1.29, 1.82) is 0 Å². The molecule has 0 aliphatic carbocycles. The molecule has 0 bridgehead atoms. The largest absolute Gasteiger partial charge is 0.481 e. The van der Waals surface area contributed by atoms with E-state index in [9.17, 15) is 22.0 Å². The summed E-state index contributed by atoms with van der Waals surface area (Å²) in [6, 6.07) is 1.46. The monoisotopic (exact) mass is 305 g/mol. The standard InChI is InChI=1S/C12H13F2NO4S/c13-8-3-4-10(14)11(6-8)20(18,19)15-5-1-2-9(15)7-12(16)17/h3-4,6,9H,1-2,5,7H2,(H,16,17). The molecular weight excluding hydrogens is 292 g/mol. The lowest BCUT2D eigenvalue weighted by Crippen LogP contribution is -2.37. The average Bonchev–Trinajstić information content (AvgIpc) is 2.80. The number of carboxylic acids is 1. The molecule has 0 spiro atoms. The molecule has 0 saturated carbocycles. The van der Waals surface area contributed by atoms with Gasteiger partial charge in [-0.3, -0.25) is 4.79 Å². The SMILES string of the molecule is O=C(O)CC1CCCN1S(=O)(=O)c1cc(F)ccc1F. The Morgan fingerprint density at radius 1 is 1.40 bits per heavy atom. The topological polar surface area (TPSA) is 74.7 Å². The first-order chi connectivity index (χ1) is 9.32. The van der Waals surface area contributed by atoms with Crippen LogP contribution in [0.1, 0.15) is 19.3 Å². The molecule has 0 amide bonds. The summed E-state index contributed by atoms with van der Waals surface area (Å²) in [5.41, 5.74) is 0. The van der Waals surface area contributed by atoms with Gasteiger partial charge in [-0.05, 0) is 31.0 Å². The molecule has 8 heteroatoms. The van der Waals surface area contributed by atoms with Crippen molar-refractivity contribution in [3.63, 3.8) is 0 Å². The van der Waals surface area contributed by atoms with E-state index in [4.69, 9.17) is 5.11 Å². The van der Waals surface area contributed by atoms with Gasteiger partial charge in [-0.15, -0.1) is 0 Å². The van der Waals surface area contributed by atoms with Gasteiger partial charge in [-0.1, -0.05) is 0 Å². The molecule has 1 N–H and O–H groups in total. The molecule has 1 atom stereocenters. The highest BCUT2D eigenvalue weighted by molar-refractivity contribution is 7.89. The van der Waals surface area contributed by atoms with Gasteiger partial charge in [0.2, 0.25) is 10.0 Å². The molecule has 1 heterocycles. The number of benzene rings is 1. The van der Waals surface area contributed by atoms with Gasteiger partial charge in [0.1, 0.15) is 16.5 Å². The summed E-state index contributed by atoms with van der Waals surface area (Å²) >= 11 is 0. The number of hydrogen-bond acceptors (Lipinski definition) is 3. The molecular formula is C12H13F2NO4S. The average molecular weight is 305 g/mol. The van der Waals surface area contributed by atoms with E-state index in [0.717, 1.165) is 16.4 Å². The van der Waals surface area contributed by atoms with E-state index in [1.807, 2.05) is 0 Å². The van der Waals surface area contributed by atoms with Gasteiger partial charge in [0.15, 0.2) is 0 Å². The molecule has 0 radical (unpaired) electrons. The maximum atomic E-state index is 13.6. The number of hydrogen-bond donors (Lipinski definition) is 1. The highest BCUT2D eigenvalue weighted by Crippen LogP contribution is 2.29. The summed E-state index contributed by atoms with van der Waals surface area (Å²) in [6.07, 6.45) is 0.534. The van der Waals surface area contributed by atoms with E-state index in [1.165, 1.54) is 0 Å². The molecule has 1 unspecified atom stereocenters. The van der Waals surface area contributed by atoms with Crippen LogP contribution in [0.5, 0.6) is 0 Å². The number of carboxylic acid groups (broad SMARTS) is 1. The van der Waals surface area contributed by atoms with Crippen LogP contribution < -0.4 is 0 Å². The first kappa shape index (κ1) is 14.9. The van der Waals surface area contributed by atoms with E-state index in [1.54, 1.807) is 0 Å². The molecule has 2 rings (SSSR count). The number of nitrogens with zero attached hydrogens (tertiary/aromatic N) is 1. The van der Waals surface area contributed by atoms with Crippen LogP contribution in [0.15, 0.2) is 23.1 Å². The van der Waals surface area contributed by atoms with Gasteiger partial charge in [0, 0.05) is 12.6 Å². The van der Waals surface area contributed by atoms with Crippen molar-refractivity contribution in [1.82, 2.24) is 4.31 Å². The lowest BCUT2D eigenvalue weighted by Gasteiger charge is -2.23. The minimum atomic E-state index is -4.23. The summed E-state index contributed by atoms with van der Waals surface area (Å²) < 4.78 is 52.3. The van der Waals surface area contributed by atoms with E-state index in [2.05, 4.69) is 0 Å². The first-order valence-corrected chi connectivity index (χ1v) is 7.45. The number of aliphatic carboxylic acids is 1. The Hall–Kier alpha value is -1.54. The number of sulfonamides is 1. The summed E-state index contributed by atoms with van der Waals surface area (Å²) in [6.45, 7) is 0.107. The van der Waals surface area contributed by atoms with Gasteiger partial charge in [-0.2, -0.15) is 4.31 Å². The van der Waals surface area contributed by atoms with Gasteiger partial charge in [-0.25, -0.2) is 17.2 Å². The van der Waals surface area contributed by atoms with E-state index >= 15 is 0 Å². The molecule has 1 saturated heterocycles. The third-order valence-corrected chi connectivity index (χ3v) is 5.18. The highest BCUT2D eigenvalue weighted by atomic mass is 32.2. The molecule has 110 valence electrons. The van der Waals surface area contributed by atoms with Gasteiger partial charge >= 0.3 is 5.97 Å². The third-order valence-electron chi connectivity index (χ3n) is 3.21. The van der Waals surface area contributed by atoms with Gasteiger partial charge in [0.05, 0.1) is 6.42 Å². The van der Waals surface area contributed by atoms with Crippen LogP contribution in [-0.4, -0.2) is 36.4 Å². The Morgan fingerprint density at radius 2 is 2.10 bits per heavy atom. The lowest BCUT2D eigenvalue weighted by atomic mass is 10.2. The fourth-order valence-corrected chi connectivity index (χ4v) is 4.10.